The van der Waals surface area contributed by atoms with Crippen LogP contribution in [0.25, 0.3) is 22.4 Å². The van der Waals surface area contributed by atoms with Crippen LogP contribution >= 0.6 is 0 Å². The minimum Gasteiger partial charge on any atom is -0.493 e. The van der Waals surface area contributed by atoms with Gasteiger partial charge >= 0.3 is 6.09 Å². The van der Waals surface area contributed by atoms with E-state index in [1.807, 2.05) is 6.92 Å². The molecule has 3 aromatic rings. The lowest BCUT2D eigenvalue weighted by Crippen LogP contribution is -2.39. The third kappa shape index (κ3) is 6.70. The summed E-state index contributed by atoms with van der Waals surface area (Å²) in [4.78, 5) is 33.7. The van der Waals surface area contributed by atoms with Gasteiger partial charge in [-0.2, -0.15) is 5.10 Å². The van der Waals surface area contributed by atoms with Gasteiger partial charge in [-0.05, 0) is 52.3 Å². The molecule has 1 amide bonds. The monoisotopic (exact) mass is 548 g/mol. The smallest absolute Gasteiger partial charge is 0.410 e. The lowest BCUT2D eigenvalue weighted by molar-refractivity contribution is 0.0302. The van der Waals surface area contributed by atoms with Crippen LogP contribution in [0.15, 0.2) is 27.9 Å². The van der Waals surface area contributed by atoms with E-state index in [9.17, 15) is 18.0 Å². The first-order valence-corrected chi connectivity index (χ1v) is 13.9. The number of nitrogens with zero attached hydrogens (tertiary/aromatic N) is 4. The summed E-state index contributed by atoms with van der Waals surface area (Å²) in [7, 11) is -0.753. The Bertz CT molecular complexity index is 1470. The Balaban J connectivity index is 1.93. The van der Waals surface area contributed by atoms with Crippen molar-refractivity contribution < 1.29 is 22.7 Å². The second kappa shape index (κ2) is 11.5. The number of carbonyl (C=O) groups is 1. The van der Waals surface area contributed by atoms with Crippen molar-refractivity contribution in [3.63, 3.8) is 0 Å². The van der Waals surface area contributed by atoms with Crippen molar-refractivity contribution in [1.29, 1.82) is 0 Å². The van der Waals surface area contributed by atoms with Crippen LogP contribution in [-0.4, -0.2) is 71.5 Å². The Morgan fingerprint density at radius 2 is 1.95 bits per heavy atom. The number of sulfonamides is 1. The third-order valence-corrected chi connectivity index (χ3v) is 6.97. The second-order valence-corrected chi connectivity index (χ2v) is 11.6. The molecular weight excluding hydrogens is 512 g/mol. The fraction of sp³-hybridized carbons (Fsp3) is 0.520. The van der Waals surface area contributed by atoms with Gasteiger partial charge in [0.15, 0.2) is 5.52 Å². The number of amides is 1. The molecule has 0 spiro atoms. The quantitative estimate of drug-likeness (QED) is 0.393. The first kappa shape index (κ1) is 29.1. The summed E-state index contributed by atoms with van der Waals surface area (Å²) in [6.07, 6.45) is 0.910. The molecule has 3 rings (SSSR count). The molecular formula is C25H36N6O6S. The number of fused-ring (bicyclic) bond motifs is 1. The zero-order valence-corrected chi connectivity index (χ0v) is 23.7. The lowest BCUT2D eigenvalue weighted by Gasteiger charge is -2.24. The van der Waals surface area contributed by atoms with E-state index in [0.29, 0.717) is 41.1 Å². The van der Waals surface area contributed by atoms with E-state index >= 15 is 0 Å². The van der Waals surface area contributed by atoms with E-state index in [-0.39, 0.29) is 29.4 Å². The van der Waals surface area contributed by atoms with Gasteiger partial charge in [-0.3, -0.25) is 9.48 Å². The average molecular weight is 549 g/mol. The summed E-state index contributed by atoms with van der Waals surface area (Å²) in [5, 5.41) is 4.43. The van der Waals surface area contributed by atoms with Crippen LogP contribution in [0.5, 0.6) is 5.75 Å². The van der Waals surface area contributed by atoms with Gasteiger partial charge in [-0.15, -0.1) is 0 Å². The summed E-state index contributed by atoms with van der Waals surface area (Å²) >= 11 is 0. The van der Waals surface area contributed by atoms with E-state index in [1.54, 1.807) is 34.7 Å². The first-order valence-electron chi connectivity index (χ1n) is 12.4. The fourth-order valence-electron chi connectivity index (χ4n) is 3.78. The Kier molecular flexibility index (Phi) is 8.82. The van der Waals surface area contributed by atoms with Gasteiger partial charge in [-0.1, -0.05) is 13.3 Å². The average Bonchev–Trinajstić information content (AvgIpc) is 3.13. The first-order chi connectivity index (χ1) is 17.8. The summed E-state index contributed by atoms with van der Waals surface area (Å²) in [5.41, 5.74) is 0.776. The number of aryl methyl sites for hydroxylation is 2. The predicted octanol–water partition coefficient (Wildman–Crippen LogP) is 2.82. The number of hydrogen-bond donors (Lipinski definition) is 2. The molecule has 0 saturated heterocycles. The molecule has 38 heavy (non-hydrogen) atoms. The van der Waals surface area contributed by atoms with Crippen molar-refractivity contribution in [2.24, 2.45) is 7.05 Å². The number of aromatic nitrogens is 4. The minimum absolute atomic E-state index is 0.0300. The maximum atomic E-state index is 13.1. The Morgan fingerprint density at radius 3 is 2.58 bits per heavy atom. The molecule has 2 N–H and O–H groups in total. The highest BCUT2D eigenvalue weighted by Crippen LogP contribution is 2.31. The number of likely N-dealkylation sites (N-methyl/N-ethyl adjacent to an activating group) is 1. The van der Waals surface area contributed by atoms with E-state index < -0.39 is 21.7 Å². The lowest BCUT2D eigenvalue weighted by atomic mass is 10.1. The number of nitrogens with one attached hydrogen (secondary N) is 2. The number of carbonyl (C=O) groups excluding carboxylic acids is 1. The standard InChI is InChI=1S/C25H36N6O6S/c1-8-10-18-20-21(31(7)29-18)23(32)28-22(27-20)17-15-16(11-12-19(17)36-9-2)38(34,35)26-13-14-30(6)24(33)37-25(3,4)5/h11-12,15,26H,8-10,13-14H2,1-7H3,(H,27,28,32). The van der Waals surface area contributed by atoms with Crippen molar-refractivity contribution >= 4 is 27.1 Å². The number of ether oxygens (including phenoxy) is 2. The number of hydrogen-bond acceptors (Lipinski definition) is 8. The number of rotatable bonds is 10. The third-order valence-electron chi connectivity index (χ3n) is 5.51. The zero-order valence-electron chi connectivity index (χ0n) is 22.9. The maximum Gasteiger partial charge on any atom is 0.410 e. The fourth-order valence-corrected chi connectivity index (χ4v) is 4.83. The minimum atomic E-state index is -3.96. The van der Waals surface area contributed by atoms with Gasteiger partial charge in [-0.25, -0.2) is 22.9 Å². The SMILES string of the molecule is CCCc1nn(C)c2c(=O)[nH]c(-c3cc(S(=O)(=O)NCCN(C)C(=O)OC(C)(C)C)ccc3OCC)nc12. The highest BCUT2D eigenvalue weighted by molar-refractivity contribution is 7.89. The summed E-state index contributed by atoms with van der Waals surface area (Å²) in [6.45, 7) is 9.47. The number of H-pyrrole nitrogens is 1. The van der Waals surface area contributed by atoms with Gasteiger partial charge in [0.25, 0.3) is 5.56 Å². The van der Waals surface area contributed by atoms with Crippen molar-refractivity contribution in [3.05, 3.63) is 34.2 Å². The van der Waals surface area contributed by atoms with Gasteiger partial charge in [0.05, 0.1) is 22.8 Å². The molecule has 0 aliphatic rings. The van der Waals surface area contributed by atoms with Gasteiger partial charge in [0, 0.05) is 27.2 Å². The summed E-state index contributed by atoms with van der Waals surface area (Å²) in [5.74, 6) is 0.553. The van der Waals surface area contributed by atoms with Crippen molar-refractivity contribution in [1.82, 2.24) is 29.4 Å². The summed E-state index contributed by atoms with van der Waals surface area (Å²) < 4.78 is 41.2. The normalized spacial score (nSPS) is 12.1. The highest BCUT2D eigenvalue weighted by Gasteiger charge is 2.23. The van der Waals surface area contributed by atoms with Gasteiger partial charge in [0.1, 0.15) is 22.7 Å². The molecule has 0 atom stereocenters. The zero-order chi connectivity index (χ0) is 28.3. The largest absolute Gasteiger partial charge is 0.493 e. The molecule has 0 radical (unpaired) electrons. The van der Waals surface area contributed by atoms with E-state index in [2.05, 4.69) is 19.8 Å². The molecule has 0 aliphatic heterocycles. The van der Waals surface area contributed by atoms with Crippen LogP contribution in [0.1, 0.15) is 46.7 Å². The molecule has 13 heteroatoms. The Labute approximate surface area is 222 Å². The van der Waals surface area contributed by atoms with Gasteiger partial charge in [0.2, 0.25) is 10.0 Å². The molecule has 12 nitrogen and oxygen atoms in total. The van der Waals surface area contributed by atoms with Crippen molar-refractivity contribution in [2.75, 3.05) is 26.7 Å². The molecule has 0 unspecified atom stereocenters. The Hall–Kier alpha value is -3.45. The number of benzene rings is 1. The molecule has 1 aromatic carbocycles. The molecule has 0 saturated carbocycles. The van der Waals surface area contributed by atoms with Crippen LogP contribution in [0.3, 0.4) is 0 Å². The maximum absolute atomic E-state index is 13.1. The van der Waals surface area contributed by atoms with Crippen molar-refractivity contribution in [2.45, 2.75) is 58.0 Å². The van der Waals surface area contributed by atoms with Gasteiger partial charge < -0.3 is 19.4 Å². The summed E-state index contributed by atoms with van der Waals surface area (Å²) in [6, 6.07) is 4.35. The molecule has 2 aromatic heterocycles. The van der Waals surface area contributed by atoms with Crippen LogP contribution in [0, 0.1) is 0 Å². The number of aromatic amines is 1. The molecule has 0 bridgehead atoms. The van der Waals surface area contributed by atoms with E-state index in [1.165, 1.54) is 34.8 Å². The predicted molar refractivity (Wildman–Crippen MR) is 144 cm³/mol. The van der Waals surface area contributed by atoms with Crippen LogP contribution in [-0.2, 0) is 28.2 Å². The van der Waals surface area contributed by atoms with E-state index in [4.69, 9.17) is 9.47 Å². The topological polar surface area (TPSA) is 149 Å². The second-order valence-electron chi connectivity index (χ2n) is 9.82. The molecule has 2 heterocycles. The molecule has 208 valence electrons. The Morgan fingerprint density at radius 1 is 1.24 bits per heavy atom. The van der Waals surface area contributed by atoms with E-state index in [0.717, 1.165) is 6.42 Å². The van der Waals surface area contributed by atoms with Crippen molar-refractivity contribution in [3.8, 4) is 17.1 Å². The molecule has 0 aliphatic carbocycles. The van der Waals surface area contributed by atoms with Crippen LogP contribution in [0.4, 0.5) is 4.79 Å². The van der Waals surface area contributed by atoms with Crippen LogP contribution in [0.2, 0.25) is 0 Å². The van der Waals surface area contributed by atoms with Crippen LogP contribution < -0.4 is 15.0 Å². The highest BCUT2D eigenvalue weighted by atomic mass is 32.2. The molecule has 0 fully saturated rings.